The molecule has 8 nitrogen and oxygen atoms in total. The molecule has 2 aromatic carbocycles. The lowest BCUT2D eigenvalue weighted by molar-refractivity contribution is 0.0988. The lowest BCUT2D eigenvalue weighted by Gasteiger charge is -2.15. The average Bonchev–Trinajstić information content (AvgIpc) is 2.68. The van der Waals surface area contributed by atoms with Gasteiger partial charge in [0.2, 0.25) is 0 Å². The molecule has 0 spiro atoms. The molecular weight excluding hydrogens is 372 g/mol. The number of rotatable bonds is 10. The zero-order chi connectivity index (χ0) is 21.6. The molecule has 0 aromatic heterocycles. The Morgan fingerprint density at radius 3 is 2.10 bits per heavy atom. The number of nitrogen functional groups attached to an aromatic ring is 1. The number of aryl methyl sites for hydroxylation is 1. The number of methoxy groups -OCH3 is 2. The molecule has 0 fully saturated rings. The molecule has 2 amide bonds. The van der Waals surface area contributed by atoms with Crippen LogP contribution in [0.4, 0.5) is 11.4 Å². The van der Waals surface area contributed by atoms with Crippen LogP contribution in [0.15, 0.2) is 24.3 Å². The number of amides is 2. The lowest BCUT2D eigenvalue weighted by atomic mass is 10.0. The second kappa shape index (κ2) is 9.68. The molecule has 0 aliphatic heterocycles. The van der Waals surface area contributed by atoms with Crippen molar-refractivity contribution in [3.63, 3.8) is 0 Å². The second-order valence-corrected chi connectivity index (χ2v) is 6.65. The molecule has 0 aliphatic rings. The molecule has 156 valence electrons. The molecule has 0 bridgehead atoms. The van der Waals surface area contributed by atoms with Gasteiger partial charge in [-0.25, -0.2) is 0 Å². The van der Waals surface area contributed by atoms with Crippen molar-refractivity contribution in [1.82, 2.24) is 0 Å². The fourth-order valence-electron chi connectivity index (χ4n) is 3.28. The molecular formula is C21H28N4O4. The number of nitrogens with two attached hydrogens (primary N) is 3. The summed E-state index contributed by atoms with van der Waals surface area (Å²) in [6, 6.07) is 6.93. The molecule has 0 heterocycles. The van der Waals surface area contributed by atoms with E-state index in [2.05, 4.69) is 5.32 Å². The van der Waals surface area contributed by atoms with Gasteiger partial charge in [-0.15, -0.1) is 0 Å². The summed E-state index contributed by atoms with van der Waals surface area (Å²) in [4.78, 5) is 22.9. The van der Waals surface area contributed by atoms with E-state index >= 15 is 0 Å². The van der Waals surface area contributed by atoms with Crippen LogP contribution in [0.2, 0.25) is 0 Å². The minimum Gasteiger partial charge on any atom is -0.496 e. The summed E-state index contributed by atoms with van der Waals surface area (Å²) in [6.07, 6.45) is 2.51. The van der Waals surface area contributed by atoms with E-state index in [0.29, 0.717) is 22.7 Å². The van der Waals surface area contributed by atoms with Crippen molar-refractivity contribution in [2.45, 2.75) is 26.2 Å². The van der Waals surface area contributed by atoms with Gasteiger partial charge in [0.1, 0.15) is 5.75 Å². The topological polar surface area (TPSA) is 143 Å². The van der Waals surface area contributed by atoms with Gasteiger partial charge in [0.15, 0.2) is 5.75 Å². The van der Waals surface area contributed by atoms with Crippen LogP contribution in [0.3, 0.4) is 0 Å². The number of benzene rings is 2. The molecule has 0 saturated heterocycles. The summed E-state index contributed by atoms with van der Waals surface area (Å²) in [5.41, 5.74) is 20.6. The summed E-state index contributed by atoms with van der Waals surface area (Å²) in [5, 5.41) is 3.35. The summed E-state index contributed by atoms with van der Waals surface area (Å²) in [7, 11) is 2.98. The van der Waals surface area contributed by atoms with E-state index in [1.165, 1.54) is 14.2 Å². The van der Waals surface area contributed by atoms with Crippen molar-refractivity contribution in [1.29, 1.82) is 0 Å². The highest BCUT2D eigenvalue weighted by molar-refractivity contribution is 5.98. The quantitative estimate of drug-likeness (QED) is 0.356. The van der Waals surface area contributed by atoms with E-state index in [1.807, 2.05) is 19.1 Å². The van der Waals surface area contributed by atoms with Crippen LogP contribution >= 0.6 is 0 Å². The molecule has 0 unspecified atom stereocenters. The molecule has 0 aliphatic carbocycles. The molecule has 2 rings (SSSR count). The van der Waals surface area contributed by atoms with Gasteiger partial charge in [-0.3, -0.25) is 9.59 Å². The smallest absolute Gasteiger partial charge is 0.252 e. The van der Waals surface area contributed by atoms with Gasteiger partial charge < -0.3 is 32.0 Å². The highest BCUT2D eigenvalue weighted by atomic mass is 16.5. The van der Waals surface area contributed by atoms with Gasteiger partial charge in [-0.2, -0.15) is 0 Å². The van der Waals surface area contributed by atoms with E-state index in [-0.39, 0.29) is 5.56 Å². The minimum atomic E-state index is -0.572. The highest BCUT2D eigenvalue weighted by Crippen LogP contribution is 2.31. The molecule has 8 heteroatoms. The Balaban J connectivity index is 1.96. The summed E-state index contributed by atoms with van der Waals surface area (Å²) in [6.45, 7) is 2.61. The van der Waals surface area contributed by atoms with Crippen LogP contribution in [0.25, 0.3) is 0 Å². The van der Waals surface area contributed by atoms with E-state index in [0.717, 1.165) is 42.6 Å². The first-order valence-corrected chi connectivity index (χ1v) is 9.28. The number of hydrogen-bond acceptors (Lipinski definition) is 6. The number of hydrogen-bond donors (Lipinski definition) is 4. The van der Waals surface area contributed by atoms with E-state index < -0.39 is 11.8 Å². The van der Waals surface area contributed by atoms with Gasteiger partial charge in [-0.1, -0.05) is 6.07 Å². The Hall–Kier alpha value is -3.42. The van der Waals surface area contributed by atoms with Crippen molar-refractivity contribution < 1.29 is 19.1 Å². The lowest BCUT2D eigenvalue weighted by Crippen LogP contribution is -2.14. The first kappa shape index (κ1) is 21.9. The Kier molecular flexibility index (Phi) is 7.30. The summed E-state index contributed by atoms with van der Waals surface area (Å²) in [5.74, 6) is -0.286. The summed E-state index contributed by atoms with van der Waals surface area (Å²) < 4.78 is 10.6. The normalized spacial score (nSPS) is 10.4. The standard InChI is InChI=1S/C21H28N4O4/c1-12-16(10-9-14(20(23)26)18(12)28-2)25-11-5-4-6-13-7-8-15(21(24)27)19(29-3)17(13)22/h7-10,25H,4-6,11,22H2,1-3H3,(H2,23,26)(H2,24,27). The second-order valence-electron chi connectivity index (χ2n) is 6.65. The minimum absolute atomic E-state index is 0.277. The van der Waals surface area contributed by atoms with E-state index in [9.17, 15) is 9.59 Å². The third-order valence-electron chi connectivity index (χ3n) is 4.82. The van der Waals surface area contributed by atoms with Crippen LogP contribution in [0.1, 0.15) is 44.7 Å². The predicted octanol–water partition coefficient (Wildman–Crippen LogP) is 2.23. The number of nitrogens with one attached hydrogen (secondary N) is 1. The van der Waals surface area contributed by atoms with Crippen molar-refractivity contribution >= 4 is 23.2 Å². The molecule has 0 radical (unpaired) electrons. The maximum Gasteiger partial charge on any atom is 0.252 e. The van der Waals surface area contributed by atoms with Gasteiger partial charge in [0.25, 0.3) is 11.8 Å². The van der Waals surface area contributed by atoms with Gasteiger partial charge in [-0.05, 0) is 49.9 Å². The SMILES string of the molecule is COc1c(C(N)=O)ccc(NCCCCc2ccc(C(N)=O)c(OC)c2N)c1C. The Bertz CT molecular complexity index is 839. The number of unbranched alkanes of at least 4 members (excludes halogenated alkanes) is 1. The Morgan fingerprint density at radius 1 is 0.931 bits per heavy atom. The van der Waals surface area contributed by atoms with Crippen molar-refractivity contribution in [2.75, 3.05) is 31.8 Å². The molecule has 0 atom stereocenters. The zero-order valence-corrected chi connectivity index (χ0v) is 17.0. The number of ether oxygens (including phenoxy) is 2. The Morgan fingerprint density at radius 2 is 1.52 bits per heavy atom. The third kappa shape index (κ3) is 4.90. The Labute approximate surface area is 170 Å². The average molecular weight is 400 g/mol. The van der Waals surface area contributed by atoms with Crippen LogP contribution < -0.4 is 32.0 Å². The van der Waals surface area contributed by atoms with Crippen LogP contribution in [0, 0.1) is 6.92 Å². The van der Waals surface area contributed by atoms with Gasteiger partial charge >= 0.3 is 0 Å². The zero-order valence-electron chi connectivity index (χ0n) is 17.0. The first-order chi connectivity index (χ1) is 13.8. The largest absolute Gasteiger partial charge is 0.496 e. The van der Waals surface area contributed by atoms with Gasteiger partial charge in [0, 0.05) is 17.8 Å². The van der Waals surface area contributed by atoms with E-state index in [4.69, 9.17) is 26.7 Å². The fourth-order valence-corrected chi connectivity index (χ4v) is 3.28. The van der Waals surface area contributed by atoms with Crippen LogP contribution in [-0.2, 0) is 6.42 Å². The van der Waals surface area contributed by atoms with Crippen LogP contribution in [-0.4, -0.2) is 32.6 Å². The van der Waals surface area contributed by atoms with Crippen molar-refractivity contribution in [2.24, 2.45) is 11.5 Å². The number of primary amides is 2. The van der Waals surface area contributed by atoms with Crippen molar-refractivity contribution in [3.8, 4) is 11.5 Å². The van der Waals surface area contributed by atoms with Crippen LogP contribution in [0.5, 0.6) is 11.5 Å². The van der Waals surface area contributed by atoms with E-state index in [1.54, 1.807) is 12.1 Å². The molecule has 2 aromatic rings. The number of carbonyl (C=O) groups is 2. The molecule has 29 heavy (non-hydrogen) atoms. The first-order valence-electron chi connectivity index (χ1n) is 9.28. The maximum absolute atomic E-state index is 11.5. The van der Waals surface area contributed by atoms with Gasteiger partial charge in [0.05, 0.1) is 31.0 Å². The third-order valence-corrected chi connectivity index (χ3v) is 4.82. The highest BCUT2D eigenvalue weighted by Gasteiger charge is 2.16. The fraction of sp³-hybridized carbons (Fsp3) is 0.333. The maximum atomic E-state index is 11.5. The number of carbonyl (C=O) groups excluding carboxylic acids is 2. The molecule has 0 saturated carbocycles. The monoisotopic (exact) mass is 400 g/mol. The molecule has 7 N–H and O–H groups in total. The van der Waals surface area contributed by atoms with Crippen molar-refractivity contribution in [3.05, 3.63) is 46.5 Å². The predicted molar refractivity (Wildman–Crippen MR) is 114 cm³/mol. The summed E-state index contributed by atoms with van der Waals surface area (Å²) >= 11 is 0. The number of anilines is 2.